The second kappa shape index (κ2) is 7.11. The molecule has 0 atom stereocenters. The van der Waals surface area contributed by atoms with Crippen LogP contribution in [0.5, 0.6) is 23.0 Å². The molecule has 1 aromatic heterocycles. The maximum absolute atomic E-state index is 6.22. The van der Waals surface area contributed by atoms with Gasteiger partial charge in [-0.15, -0.1) is 0 Å². The molecule has 0 saturated carbocycles. The summed E-state index contributed by atoms with van der Waals surface area (Å²) < 4.78 is 22.0. The number of hydrogen-bond donors (Lipinski definition) is 1. The van der Waals surface area contributed by atoms with Crippen LogP contribution < -0.4 is 18.9 Å². The number of aromatic nitrogens is 2. The van der Waals surface area contributed by atoms with Gasteiger partial charge in [0.05, 0.1) is 11.4 Å². The number of H-pyrrole nitrogens is 1. The van der Waals surface area contributed by atoms with E-state index in [0.29, 0.717) is 33.1 Å². The Hall–Kier alpha value is -3.35. The highest BCUT2D eigenvalue weighted by Crippen LogP contribution is 2.42. The fraction of sp³-hybridized carbons (Fsp3) is 0.0870. The fourth-order valence-corrected chi connectivity index (χ4v) is 4.24. The van der Waals surface area contributed by atoms with Gasteiger partial charge in [0.1, 0.15) is 5.82 Å². The van der Waals surface area contributed by atoms with Crippen LogP contribution in [0, 0.1) is 0 Å². The van der Waals surface area contributed by atoms with Crippen molar-refractivity contribution in [3.63, 3.8) is 0 Å². The van der Waals surface area contributed by atoms with Crippen molar-refractivity contribution in [2.75, 3.05) is 13.6 Å². The summed E-state index contributed by atoms with van der Waals surface area (Å²) in [4.78, 5) is 8.32. The molecule has 0 radical (unpaired) electrons. The Morgan fingerprint density at radius 2 is 1.23 bits per heavy atom. The minimum Gasteiger partial charge on any atom is -0.454 e. The van der Waals surface area contributed by atoms with Gasteiger partial charge in [0.25, 0.3) is 0 Å². The predicted molar refractivity (Wildman–Crippen MR) is 117 cm³/mol. The Balaban J connectivity index is 1.54. The molecule has 3 heterocycles. The van der Waals surface area contributed by atoms with Crippen LogP contribution in [-0.4, -0.2) is 23.6 Å². The maximum atomic E-state index is 6.22. The quantitative estimate of drug-likeness (QED) is 0.402. The van der Waals surface area contributed by atoms with Crippen molar-refractivity contribution in [3.05, 3.63) is 64.6 Å². The number of benzene rings is 3. The number of rotatable bonds is 3. The Morgan fingerprint density at radius 3 is 1.90 bits per heavy atom. The van der Waals surface area contributed by atoms with E-state index in [9.17, 15) is 0 Å². The van der Waals surface area contributed by atoms with Gasteiger partial charge in [-0.2, -0.15) is 0 Å². The first kappa shape index (κ1) is 18.4. The molecular formula is C23H14Cl2N2O4. The first-order valence-corrected chi connectivity index (χ1v) is 10.3. The zero-order chi connectivity index (χ0) is 20.9. The lowest BCUT2D eigenvalue weighted by Crippen LogP contribution is -1.93. The summed E-state index contributed by atoms with van der Waals surface area (Å²) in [6, 6.07) is 16.9. The Kier molecular flexibility index (Phi) is 4.23. The van der Waals surface area contributed by atoms with Crippen molar-refractivity contribution in [1.29, 1.82) is 0 Å². The molecule has 0 unspecified atom stereocenters. The van der Waals surface area contributed by atoms with E-state index in [2.05, 4.69) is 4.98 Å². The van der Waals surface area contributed by atoms with Crippen LogP contribution in [0.25, 0.3) is 33.9 Å². The summed E-state index contributed by atoms with van der Waals surface area (Å²) in [6.45, 7) is 0.420. The third kappa shape index (κ3) is 3.24. The number of nitrogens with zero attached hydrogens (tertiary/aromatic N) is 1. The van der Waals surface area contributed by atoms with Crippen LogP contribution in [0.4, 0.5) is 0 Å². The van der Waals surface area contributed by atoms with Crippen LogP contribution >= 0.6 is 23.2 Å². The van der Waals surface area contributed by atoms with Gasteiger partial charge >= 0.3 is 0 Å². The molecule has 31 heavy (non-hydrogen) atoms. The average molecular weight is 453 g/mol. The second-order valence-corrected chi connectivity index (χ2v) is 7.98. The molecule has 4 aromatic rings. The molecule has 0 spiro atoms. The average Bonchev–Trinajstić information content (AvgIpc) is 3.50. The molecule has 3 aromatic carbocycles. The molecule has 1 N–H and O–H groups in total. The molecule has 2 aliphatic rings. The van der Waals surface area contributed by atoms with E-state index in [0.717, 1.165) is 33.8 Å². The molecule has 8 heteroatoms. The van der Waals surface area contributed by atoms with E-state index in [1.165, 1.54) is 0 Å². The minimum atomic E-state index is 0.209. The van der Waals surface area contributed by atoms with Crippen molar-refractivity contribution >= 4 is 23.2 Å². The number of hydrogen-bond acceptors (Lipinski definition) is 5. The molecule has 2 aliphatic heterocycles. The predicted octanol–water partition coefficient (Wildman–Crippen LogP) is 6.17. The van der Waals surface area contributed by atoms with Crippen LogP contribution in [-0.2, 0) is 0 Å². The number of fused-ring (bicyclic) bond motifs is 2. The zero-order valence-corrected chi connectivity index (χ0v) is 17.5. The van der Waals surface area contributed by atoms with Gasteiger partial charge in [-0.1, -0.05) is 23.2 Å². The third-order valence-corrected chi connectivity index (χ3v) is 5.58. The van der Waals surface area contributed by atoms with Crippen LogP contribution in [0.2, 0.25) is 10.0 Å². The minimum absolute atomic E-state index is 0.209. The highest BCUT2D eigenvalue weighted by molar-refractivity contribution is 6.35. The van der Waals surface area contributed by atoms with E-state index in [1.807, 2.05) is 48.5 Å². The molecule has 0 saturated heterocycles. The molecular weight excluding hydrogens is 439 g/mol. The first-order valence-electron chi connectivity index (χ1n) is 9.50. The largest absolute Gasteiger partial charge is 0.454 e. The molecule has 6 rings (SSSR count). The molecule has 0 bridgehead atoms. The van der Waals surface area contributed by atoms with Gasteiger partial charge in [0, 0.05) is 26.7 Å². The van der Waals surface area contributed by atoms with Gasteiger partial charge in [-0.05, 0) is 54.6 Å². The molecule has 0 fully saturated rings. The van der Waals surface area contributed by atoms with Crippen LogP contribution in [0.3, 0.4) is 0 Å². The van der Waals surface area contributed by atoms with E-state index in [-0.39, 0.29) is 13.6 Å². The fourth-order valence-electron chi connectivity index (χ4n) is 3.71. The lowest BCUT2D eigenvalue weighted by atomic mass is 10.0. The zero-order valence-electron chi connectivity index (χ0n) is 15.9. The number of ether oxygens (including phenoxy) is 4. The summed E-state index contributed by atoms with van der Waals surface area (Å²) >= 11 is 12.4. The van der Waals surface area contributed by atoms with Crippen molar-refractivity contribution in [2.24, 2.45) is 0 Å². The van der Waals surface area contributed by atoms with Crippen LogP contribution in [0.1, 0.15) is 0 Å². The molecule has 0 aliphatic carbocycles. The van der Waals surface area contributed by atoms with E-state index >= 15 is 0 Å². The Morgan fingerprint density at radius 1 is 0.645 bits per heavy atom. The molecule has 154 valence electrons. The smallest absolute Gasteiger partial charge is 0.231 e. The highest BCUT2D eigenvalue weighted by Gasteiger charge is 2.22. The summed E-state index contributed by atoms with van der Waals surface area (Å²) in [5.74, 6) is 3.45. The summed E-state index contributed by atoms with van der Waals surface area (Å²) in [7, 11) is 0. The Bertz CT molecular complexity index is 1240. The number of halogens is 2. The summed E-state index contributed by atoms with van der Waals surface area (Å²) in [5.41, 5.74) is 4.15. The molecule has 0 amide bonds. The topological polar surface area (TPSA) is 65.6 Å². The van der Waals surface area contributed by atoms with Gasteiger partial charge in [0.15, 0.2) is 23.0 Å². The molecule has 6 nitrogen and oxygen atoms in total. The van der Waals surface area contributed by atoms with Crippen molar-refractivity contribution in [3.8, 4) is 56.9 Å². The lowest BCUT2D eigenvalue weighted by Gasteiger charge is -2.05. The van der Waals surface area contributed by atoms with E-state index in [1.54, 1.807) is 6.07 Å². The lowest BCUT2D eigenvalue weighted by molar-refractivity contribution is 0.173. The van der Waals surface area contributed by atoms with Gasteiger partial charge in [-0.25, -0.2) is 4.98 Å². The van der Waals surface area contributed by atoms with E-state index in [4.69, 9.17) is 47.1 Å². The number of imidazole rings is 1. The maximum Gasteiger partial charge on any atom is 0.231 e. The monoisotopic (exact) mass is 452 g/mol. The first-order chi connectivity index (χ1) is 15.1. The van der Waals surface area contributed by atoms with Crippen LogP contribution in [0.15, 0.2) is 54.6 Å². The van der Waals surface area contributed by atoms with E-state index < -0.39 is 0 Å². The number of aromatic amines is 1. The Labute approximate surface area is 187 Å². The number of nitrogens with one attached hydrogen (secondary N) is 1. The van der Waals surface area contributed by atoms with Gasteiger partial charge in [0.2, 0.25) is 13.6 Å². The van der Waals surface area contributed by atoms with Crippen molar-refractivity contribution in [2.45, 2.75) is 0 Å². The van der Waals surface area contributed by atoms with Gasteiger partial charge < -0.3 is 23.9 Å². The van der Waals surface area contributed by atoms with Crippen molar-refractivity contribution in [1.82, 2.24) is 9.97 Å². The highest BCUT2D eigenvalue weighted by atomic mass is 35.5. The third-order valence-electron chi connectivity index (χ3n) is 5.15. The standard InChI is InChI=1S/C23H14Cl2N2O4/c24-15-5-14(6-16(25)9-15)23-26-21(12-1-3-17-19(7-12)30-10-28-17)22(27-23)13-2-4-18-20(8-13)31-11-29-18/h1-9H,10-11H2,(H,26,27). The SMILES string of the molecule is Clc1cc(Cl)cc(-c2nc(-c3ccc4c(c3)OCO4)c(-c3ccc4c(c3)OCO4)[nH]2)c1. The van der Waals surface area contributed by atoms with Crippen molar-refractivity contribution < 1.29 is 18.9 Å². The second-order valence-electron chi connectivity index (χ2n) is 7.10. The summed E-state index contributed by atoms with van der Waals surface area (Å²) in [6.07, 6.45) is 0. The normalized spacial score (nSPS) is 13.6. The summed E-state index contributed by atoms with van der Waals surface area (Å²) in [5, 5.41) is 1.07. The van der Waals surface area contributed by atoms with Gasteiger partial charge in [-0.3, -0.25) is 0 Å².